The lowest BCUT2D eigenvalue weighted by Gasteiger charge is -2.09. The van der Waals surface area contributed by atoms with Gasteiger partial charge in [-0.15, -0.1) is 0 Å². The van der Waals surface area contributed by atoms with Gasteiger partial charge in [0.15, 0.2) is 0 Å². The van der Waals surface area contributed by atoms with E-state index in [4.69, 9.17) is 0 Å². The van der Waals surface area contributed by atoms with Crippen LogP contribution >= 0.6 is 0 Å². The number of fused-ring (bicyclic) bond motifs is 1. The van der Waals surface area contributed by atoms with Crippen molar-refractivity contribution >= 4 is 16.7 Å². The minimum absolute atomic E-state index is 0.586. The summed E-state index contributed by atoms with van der Waals surface area (Å²) in [5.41, 5.74) is 3.55. The third-order valence-electron chi connectivity index (χ3n) is 3.39. The van der Waals surface area contributed by atoms with Crippen molar-refractivity contribution in [3.8, 4) is 6.07 Å². The molecule has 0 bridgehead atoms. The fourth-order valence-corrected chi connectivity index (χ4v) is 2.24. The van der Waals surface area contributed by atoms with Crippen LogP contribution in [0, 0.1) is 18.3 Å². The van der Waals surface area contributed by atoms with Crippen LogP contribution in [-0.4, -0.2) is 9.97 Å². The van der Waals surface area contributed by atoms with Crippen molar-refractivity contribution in [2.75, 3.05) is 5.32 Å². The quantitative estimate of drug-likeness (QED) is 0.795. The lowest BCUT2D eigenvalue weighted by atomic mass is 10.1. The van der Waals surface area contributed by atoms with E-state index in [2.05, 4.69) is 21.4 Å². The molecule has 1 N–H and O–H groups in total. The normalized spacial score (nSPS) is 10.3. The van der Waals surface area contributed by atoms with Gasteiger partial charge < -0.3 is 5.32 Å². The van der Waals surface area contributed by atoms with Gasteiger partial charge in [-0.2, -0.15) is 5.26 Å². The maximum absolute atomic E-state index is 9.27. The number of anilines is 1. The maximum Gasteiger partial charge on any atom is 0.128 e. The van der Waals surface area contributed by atoms with Gasteiger partial charge in [-0.3, -0.25) is 4.98 Å². The number of hydrogen-bond donors (Lipinski definition) is 1. The van der Waals surface area contributed by atoms with Crippen LogP contribution in [0.25, 0.3) is 10.9 Å². The zero-order valence-corrected chi connectivity index (χ0v) is 11.7. The highest BCUT2D eigenvalue weighted by atomic mass is 15.0. The fourth-order valence-electron chi connectivity index (χ4n) is 2.24. The van der Waals surface area contributed by atoms with Gasteiger partial charge in [-0.25, -0.2) is 4.98 Å². The highest BCUT2D eigenvalue weighted by Crippen LogP contribution is 2.20. The molecule has 3 aromatic rings. The van der Waals surface area contributed by atoms with Crippen LogP contribution in [0.1, 0.15) is 16.8 Å². The van der Waals surface area contributed by atoms with E-state index in [1.165, 1.54) is 0 Å². The number of para-hydroxylation sites is 1. The zero-order valence-electron chi connectivity index (χ0n) is 11.7. The van der Waals surface area contributed by atoms with Crippen molar-refractivity contribution < 1.29 is 0 Å². The van der Waals surface area contributed by atoms with E-state index in [9.17, 15) is 5.26 Å². The van der Waals surface area contributed by atoms with Crippen LogP contribution in [0.4, 0.5) is 5.82 Å². The average molecular weight is 274 g/mol. The summed E-state index contributed by atoms with van der Waals surface area (Å²) in [7, 11) is 0. The number of nitriles is 1. The predicted octanol–water partition coefficient (Wildman–Crippen LogP) is 3.42. The molecule has 4 heteroatoms. The molecule has 2 aromatic heterocycles. The van der Waals surface area contributed by atoms with E-state index >= 15 is 0 Å². The van der Waals surface area contributed by atoms with Crippen molar-refractivity contribution in [1.29, 1.82) is 5.26 Å². The molecule has 0 saturated heterocycles. The van der Waals surface area contributed by atoms with Crippen molar-refractivity contribution in [1.82, 2.24) is 9.97 Å². The Hall–Kier alpha value is -2.93. The Morgan fingerprint density at radius 1 is 1.19 bits per heavy atom. The number of nitrogens with one attached hydrogen (secondary N) is 1. The Morgan fingerprint density at radius 3 is 2.86 bits per heavy atom. The molecule has 3 rings (SSSR count). The van der Waals surface area contributed by atoms with Crippen LogP contribution in [0.2, 0.25) is 0 Å². The number of pyridine rings is 2. The van der Waals surface area contributed by atoms with Gasteiger partial charge in [0.25, 0.3) is 0 Å². The predicted molar refractivity (Wildman–Crippen MR) is 82.8 cm³/mol. The SMILES string of the molecule is Cc1cccnc1CNc1cc(C#N)c2ccccc2n1. The molecule has 102 valence electrons. The van der Waals surface area contributed by atoms with Crippen LogP contribution in [0.15, 0.2) is 48.7 Å². The van der Waals surface area contributed by atoms with Crippen LogP contribution < -0.4 is 5.32 Å². The Bertz CT molecular complexity index is 834. The molecule has 0 aliphatic rings. The fraction of sp³-hybridized carbons (Fsp3) is 0.118. The standard InChI is InChI=1S/C17H14N4/c1-12-5-4-8-19-16(12)11-20-17-9-13(10-18)14-6-2-3-7-15(14)21-17/h2-9H,11H2,1H3,(H,20,21). The number of hydrogen-bond acceptors (Lipinski definition) is 4. The van der Waals surface area contributed by atoms with E-state index in [-0.39, 0.29) is 0 Å². The summed E-state index contributed by atoms with van der Waals surface area (Å²) >= 11 is 0. The molecule has 21 heavy (non-hydrogen) atoms. The third-order valence-corrected chi connectivity index (χ3v) is 3.39. The van der Waals surface area contributed by atoms with E-state index in [0.717, 1.165) is 22.2 Å². The van der Waals surface area contributed by atoms with E-state index < -0.39 is 0 Å². The molecule has 0 aliphatic carbocycles. The molecule has 0 aliphatic heterocycles. The topological polar surface area (TPSA) is 61.6 Å². The monoisotopic (exact) mass is 274 g/mol. The smallest absolute Gasteiger partial charge is 0.128 e. The molecule has 4 nitrogen and oxygen atoms in total. The highest BCUT2D eigenvalue weighted by molar-refractivity contribution is 5.86. The third kappa shape index (κ3) is 2.67. The number of aromatic nitrogens is 2. The number of aryl methyl sites for hydroxylation is 1. The molecule has 0 fully saturated rings. The van der Waals surface area contributed by atoms with Gasteiger partial charge >= 0.3 is 0 Å². The molecule has 0 radical (unpaired) electrons. The Balaban J connectivity index is 1.91. The summed E-state index contributed by atoms with van der Waals surface area (Å²) in [5.74, 6) is 0.690. The van der Waals surface area contributed by atoms with Gasteiger partial charge in [0.2, 0.25) is 0 Å². The first-order chi connectivity index (χ1) is 10.3. The average Bonchev–Trinajstić information content (AvgIpc) is 2.53. The van der Waals surface area contributed by atoms with Crippen molar-refractivity contribution in [3.05, 3.63) is 65.5 Å². The molecule has 0 unspecified atom stereocenters. The first kappa shape index (κ1) is 13.1. The second kappa shape index (κ2) is 5.59. The van der Waals surface area contributed by atoms with E-state index in [1.807, 2.05) is 43.3 Å². The van der Waals surface area contributed by atoms with Crippen LogP contribution in [-0.2, 0) is 6.54 Å². The van der Waals surface area contributed by atoms with Crippen LogP contribution in [0.3, 0.4) is 0 Å². The molecule has 0 saturated carbocycles. The lowest BCUT2D eigenvalue weighted by Crippen LogP contribution is -2.05. The summed E-state index contributed by atoms with van der Waals surface area (Å²) in [6.07, 6.45) is 1.78. The zero-order chi connectivity index (χ0) is 14.7. The molecule has 2 heterocycles. The number of rotatable bonds is 3. The molecular weight excluding hydrogens is 260 g/mol. The first-order valence-electron chi connectivity index (χ1n) is 6.72. The van der Waals surface area contributed by atoms with Crippen molar-refractivity contribution in [2.24, 2.45) is 0 Å². The number of benzene rings is 1. The van der Waals surface area contributed by atoms with Crippen molar-refractivity contribution in [3.63, 3.8) is 0 Å². The van der Waals surface area contributed by atoms with Gasteiger partial charge in [-0.05, 0) is 30.7 Å². The molecule has 0 spiro atoms. The highest BCUT2D eigenvalue weighted by Gasteiger charge is 2.05. The first-order valence-corrected chi connectivity index (χ1v) is 6.72. The largest absolute Gasteiger partial charge is 0.364 e. The van der Waals surface area contributed by atoms with Gasteiger partial charge in [0, 0.05) is 11.6 Å². The van der Waals surface area contributed by atoms with Crippen LogP contribution in [0.5, 0.6) is 0 Å². The maximum atomic E-state index is 9.27. The summed E-state index contributed by atoms with van der Waals surface area (Å²) < 4.78 is 0. The minimum atomic E-state index is 0.586. The summed E-state index contributed by atoms with van der Waals surface area (Å²) in [4.78, 5) is 8.88. The van der Waals surface area contributed by atoms with Crippen molar-refractivity contribution in [2.45, 2.75) is 13.5 Å². The molecule has 0 atom stereocenters. The van der Waals surface area contributed by atoms with Gasteiger partial charge in [-0.1, -0.05) is 24.3 Å². The summed E-state index contributed by atoms with van der Waals surface area (Å²) in [5, 5.41) is 13.4. The Kier molecular flexibility index (Phi) is 3.48. The molecule has 1 aromatic carbocycles. The van der Waals surface area contributed by atoms with Gasteiger partial charge in [0.1, 0.15) is 5.82 Å². The second-order valence-corrected chi connectivity index (χ2v) is 4.80. The Labute approximate surface area is 123 Å². The molecule has 0 amide bonds. The van der Waals surface area contributed by atoms with E-state index in [0.29, 0.717) is 17.9 Å². The van der Waals surface area contributed by atoms with E-state index in [1.54, 1.807) is 12.3 Å². The minimum Gasteiger partial charge on any atom is -0.364 e. The second-order valence-electron chi connectivity index (χ2n) is 4.80. The molecular formula is C17H14N4. The Morgan fingerprint density at radius 2 is 2.05 bits per heavy atom. The lowest BCUT2D eigenvalue weighted by molar-refractivity contribution is 1.01. The van der Waals surface area contributed by atoms with Gasteiger partial charge in [0.05, 0.1) is 29.4 Å². The number of nitrogens with zero attached hydrogens (tertiary/aromatic N) is 3. The summed E-state index contributed by atoms with van der Waals surface area (Å²) in [6, 6.07) is 15.6. The summed E-state index contributed by atoms with van der Waals surface area (Å²) in [6.45, 7) is 2.61.